The molecule has 11 heteroatoms. The molecule has 0 unspecified atom stereocenters. The van der Waals surface area contributed by atoms with E-state index < -0.39 is 22.8 Å². The summed E-state index contributed by atoms with van der Waals surface area (Å²) in [5.74, 6) is -0.257. The van der Waals surface area contributed by atoms with Crippen molar-refractivity contribution in [1.29, 1.82) is 0 Å². The van der Waals surface area contributed by atoms with E-state index in [-0.39, 0.29) is 23.7 Å². The number of nitrogens with one attached hydrogen (secondary N) is 2. The van der Waals surface area contributed by atoms with Crippen LogP contribution in [-0.4, -0.2) is 31.5 Å². The Labute approximate surface area is 168 Å². The second-order valence-corrected chi connectivity index (χ2v) is 6.71. The molecule has 29 heavy (non-hydrogen) atoms. The Morgan fingerprint density at radius 2 is 2.03 bits per heavy atom. The van der Waals surface area contributed by atoms with Crippen molar-refractivity contribution in [3.63, 3.8) is 0 Å². The Morgan fingerprint density at radius 1 is 1.28 bits per heavy atom. The summed E-state index contributed by atoms with van der Waals surface area (Å²) in [5, 5.41) is 20.9. The fourth-order valence-corrected chi connectivity index (χ4v) is 3.04. The Balaban J connectivity index is 1.51. The highest BCUT2D eigenvalue weighted by Crippen LogP contribution is 2.29. The van der Waals surface area contributed by atoms with Gasteiger partial charge in [-0.1, -0.05) is 17.7 Å². The lowest BCUT2D eigenvalue weighted by Gasteiger charge is -2.10. The molecule has 1 aromatic heterocycles. The second kappa shape index (κ2) is 7.32. The quantitative estimate of drug-likeness (QED) is 0.489. The summed E-state index contributed by atoms with van der Waals surface area (Å²) in [6, 6.07) is 11.6. The van der Waals surface area contributed by atoms with E-state index in [1.54, 1.807) is 24.3 Å². The van der Waals surface area contributed by atoms with E-state index in [1.807, 2.05) is 0 Å². The number of hydrogen-bond acceptors (Lipinski definition) is 6. The van der Waals surface area contributed by atoms with Crippen LogP contribution in [0.5, 0.6) is 0 Å². The smallest absolute Gasteiger partial charge is 0.271 e. The minimum atomic E-state index is -0.878. The monoisotopic (exact) mass is 412 g/mol. The van der Waals surface area contributed by atoms with Crippen LogP contribution < -0.4 is 10.6 Å². The van der Waals surface area contributed by atoms with E-state index in [1.165, 1.54) is 28.9 Å². The molecule has 0 aliphatic carbocycles. The van der Waals surface area contributed by atoms with Crippen molar-refractivity contribution in [2.45, 2.75) is 12.5 Å². The third kappa shape index (κ3) is 3.78. The van der Waals surface area contributed by atoms with Gasteiger partial charge in [-0.2, -0.15) is 4.98 Å². The van der Waals surface area contributed by atoms with Crippen LogP contribution in [0.2, 0.25) is 5.02 Å². The molecule has 2 aromatic carbocycles. The van der Waals surface area contributed by atoms with E-state index in [0.29, 0.717) is 16.4 Å². The van der Waals surface area contributed by atoms with Gasteiger partial charge in [-0.05, 0) is 30.3 Å². The molecule has 0 saturated carbocycles. The first kappa shape index (κ1) is 18.6. The zero-order valence-corrected chi connectivity index (χ0v) is 15.5. The lowest BCUT2D eigenvalue weighted by molar-refractivity contribution is -0.384. The molecule has 3 aromatic rings. The van der Waals surface area contributed by atoms with E-state index in [9.17, 15) is 19.7 Å². The van der Waals surface area contributed by atoms with Crippen LogP contribution in [-0.2, 0) is 9.59 Å². The molecule has 2 heterocycles. The number of fused-ring (bicyclic) bond motifs is 1. The molecule has 4 rings (SSSR count). The standard InChI is InChI=1S/C18H13ClN6O4/c19-11-6-4-10(5-7-11)16-21-18-22-17(27)14(24(18)23-16)9-15(26)20-12-2-1-3-13(8-12)25(28)29/h1-8,14H,9H2,(H,20,26)(H,21,22,23,27)/t14-/m1/s1. The molecule has 0 saturated heterocycles. The molecule has 2 N–H and O–H groups in total. The molecule has 10 nitrogen and oxygen atoms in total. The molecule has 146 valence electrons. The zero-order valence-electron chi connectivity index (χ0n) is 14.7. The number of halogens is 1. The molecule has 1 aliphatic rings. The van der Waals surface area contributed by atoms with Gasteiger partial charge in [0.1, 0.15) is 6.04 Å². The summed E-state index contributed by atoms with van der Waals surface area (Å²) < 4.78 is 1.36. The van der Waals surface area contributed by atoms with Gasteiger partial charge >= 0.3 is 0 Å². The third-order valence-electron chi connectivity index (χ3n) is 4.29. The summed E-state index contributed by atoms with van der Waals surface area (Å²) in [6.45, 7) is 0. The molecule has 1 aliphatic heterocycles. The van der Waals surface area contributed by atoms with Gasteiger partial charge in [-0.3, -0.25) is 25.0 Å². The topological polar surface area (TPSA) is 132 Å². The minimum Gasteiger partial charge on any atom is -0.326 e. The molecular formula is C18H13ClN6O4. The predicted octanol–water partition coefficient (Wildman–Crippen LogP) is 3.03. The van der Waals surface area contributed by atoms with Gasteiger partial charge in [0.2, 0.25) is 11.9 Å². The summed E-state index contributed by atoms with van der Waals surface area (Å²) in [4.78, 5) is 39.2. The van der Waals surface area contributed by atoms with Crippen LogP contribution >= 0.6 is 11.6 Å². The Kier molecular flexibility index (Phi) is 4.69. The molecule has 0 bridgehead atoms. The van der Waals surface area contributed by atoms with E-state index in [0.717, 1.165) is 0 Å². The largest absolute Gasteiger partial charge is 0.326 e. The number of nitro groups is 1. The average Bonchev–Trinajstić information content (AvgIpc) is 3.21. The van der Waals surface area contributed by atoms with E-state index in [4.69, 9.17) is 11.6 Å². The SMILES string of the molecule is O=C(C[C@@H]1C(=O)Nc2nc(-c3ccc(Cl)cc3)nn21)Nc1cccc([N+](=O)[O-])c1. The van der Waals surface area contributed by atoms with Crippen molar-refractivity contribution in [1.82, 2.24) is 14.8 Å². The maximum Gasteiger partial charge on any atom is 0.271 e. The van der Waals surface area contributed by atoms with Crippen LogP contribution in [0.4, 0.5) is 17.3 Å². The fourth-order valence-electron chi connectivity index (χ4n) is 2.92. The number of anilines is 2. The van der Waals surface area contributed by atoms with Crippen LogP contribution in [0.1, 0.15) is 12.5 Å². The lowest BCUT2D eigenvalue weighted by Crippen LogP contribution is -2.23. The molecular weight excluding hydrogens is 400 g/mol. The highest BCUT2D eigenvalue weighted by Gasteiger charge is 2.35. The summed E-state index contributed by atoms with van der Waals surface area (Å²) in [6.07, 6.45) is -0.203. The van der Waals surface area contributed by atoms with Crippen molar-refractivity contribution in [2.24, 2.45) is 0 Å². The number of hydrogen-bond donors (Lipinski definition) is 2. The number of carbonyl (C=O) groups is 2. The Hall–Kier alpha value is -3.79. The highest BCUT2D eigenvalue weighted by atomic mass is 35.5. The Bertz CT molecular complexity index is 1130. The van der Waals surface area contributed by atoms with E-state index >= 15 is 0 Å². The number of nitro benzene ring substituents is 1. The molecule has 0 fully saturated rings. The minimum absolute atomic E-state index is 0.146. The molecule has 1 atom stereocenters. The van der Waals surface area contributed by atoms with Crippen molar-refractivity contribution < 1.29 is 14.5 Å². The maximum absolute atomic E-state index is 12.4. The summed E-state index contributed by atoms with van der Waals surface area (Å²) in [7, 11) is 0. The van der Waals surface area contributed by atoms with Gasteiger partial charge in [-0.25, -0.2) is 4.68 Å². The number of carbonyl (C=O) groups excluding carboxylic acids is 2. The van der Waals surface area contributed by atoms with Crippen molar-refractivity contribution in [3.8, 4) is 11.4 Å². The number of rotatable bonds is 5. The second-order valence-electron chi connectivity index (χ2n) is 6.28. The van der Waals surface area contributed by atoms with Crippen LogP contribution in [0.3, 0.4) is 0 Å². The molecule has 2 amide bonds. The van der Waals surface area contributed by atoms with Crippen molar-refractivity contribution >= 4 is 40.7 Å². The normalized spacial score (nSPS) is 14.9. The highest BCUT2D eigenvalue weighted by molar-refractivity contribution is 6.30. The number of nitrogens with zero attached hydrogens (tertiary/aromatic N) is 4. The fraction of sp³-hybridized carbons (Fsp3) is 0.111. The predicted molar refractivity (Wildman–Crippen MR) is 104 cm³/mol. The number of aromatic nitrogens is 3. The van der Waals surface area contributed by atoms with Gasteiger partial charge < -0.3 is 5.32 Å². The number of non-ortho nitro benzene ring substituents is 1. The van der Waals surface area contributed by atoms with Gasteiger partial charge in [0.15, 0.2) is 5.82 Å². The van der Waals surface area contributed by atoms with Crippen molar-refractivity contribution in [2.75, 3.05) is 10.6 Å². The van der Waals surface area contributed by atoms with E-state index in [2.05, 4.69) is 20.7 Å². The number of benzene rings is 2. The van der Waals surface area contributed by atoms with Crippen LogP contribution in [0.25, 0.3) is 11.4 Å². The van der Waals surface area contributed by atoms with Crippen LogP contribution in [0, 0.1) is 10.1 Å². The summed E-state index contributed by atoms with van der Waals surface area (Å²) >= 11 is 5.88. The van der Waals surface area contributed by atoms with Gasteiger partial charge in [0.05, 0.1) is 11.3 Å². The Morgan fingerprint density at radius 3 is 2.76 bits per heavy atom. The average molecular weight is 413 g/mol. The first-order valence-electron chi connectivity index (χ1n) is 8.48. The molecule has 0 radical (unpaired) electrons. The first-order valence-corrected chi connectivity index (χ1v) is 8.86. The molecule has 0 spiro atoms. The maximum atomic E-state index is 12.4. The third-order valence-corrected chi connectivity index (χ3v) is 4.54. The van der Waals surface area contributed by atoms with Gasteiger partial charge in [0.25, 0.3) is 11.6 Å². The van der Waals surface area contributed by atoms with Gasteiger partial charge in [0, 0.05) is 28.4 Å². The van der Waals surface area contributed by atoms with Gasteiger partial charge in [-0.15, -0.1) is 5.10 Å². The first-order chi connectivity index (χ1) is 13.9. The lowest BCUT2D eigenvalue weighted by atomic mass is 10.2. The zero-order chi connectivity index (χ0) is 20.5. The summed E-state index contributed by atoms with van der Waals surface area (Å²) in [5.41, 5.74) is 0.834. The van der Waals surface area contributed by atoms with Crippen molar-refractivity contribution in [3.05, 3.63) is 63.7 Å². The van der Waals surface area contributed by atoms with Crippen LogP contribution in [0.15, 0.2) is 48.5 Å². The number of amides is 2.